The van der Waals surface area contributed by atoms with Crippen LogP contribution in [0.4, 0.5) is 0 Å². The summed E-state index contributed by atoms with van der Waals surface area (Å²) in [7, 11) is 0. The van der Waals surface area contributed by atoms with Crippen LogP contribution in [0.25, 0.3) is 0 Å². The summed E-state index contributed by atoms with van der Waals surface area (Å²) >= 11 is 0. The van der Waals surface area contributed by atoms with E-state index in [2.05, 4.69) is 0 Å². The highest BCUT2D eigenvalue weighted by Gasteiger charge is 2.03. The van der Waals surface area contributed by atoms with Gasteiger partial charge in [-0.2, -0.15) is 0 Å². The van der Waals surface area contributed by atoms with Crippen molar-refractivity contribution in [2.75, 3.05) is 26.3 Å². The Balaban J connectivity index is 3.22. The minimum Gasteiger partial charge on any atom is -0.381 e. The SMILES string of the molecule is NCCCC(N)CCOCCC(N)CCCN. The summed E-state index contributed by atoms with van der Waals surface area (Å²) in [5.74, 6) is 0. The maximum absolute atomic E-state index is 5.89. The molecule has 0 radical (unpaired) electrons. The van der Waals surface area contributed by atoms with Crippen molar-refractivity contribution in [3.8, 4) is 0 Å². The summed E-state index contributed by atoms with van der Waals surface area (Å²) in [6.07, 6.45) is 5.75. The summed E-state index contributed by atoms with van der Waals surface area (Å²) in [5.41, 5.74) is 22.6. The predicted molar refractivity (Wildman–Crippen MR) is 72.6 cm³/mol. The monoisotopic (exact) mass is 246 g/mol. The summed E-state index contributed by atoms with van der Waals surface area (Å²) in [6.45, 7) is 2.86. The lowest BCUT2D eigenvalue weighted by Crippen LogP contribution is -2.25. The highest BCUT2D eigenvalue weighted by Crippen LogP contribution is 2.01. The zero-order chi connectivity index (χ0) is 12.9. The molecule has 17 heavy (non-hydrogen) atoms. The predicted octanol–water partition coefficient (Wildman–Crippen LogP) is -0.0844. The first-order valence-corrected chi connectivity index (χ1v) is 6.69. The second-order valence-corrected chi connectivity index (χ2v) is 4.57. The van der Waals surface area contributed by atoms with Gasteiger partial charge in [0.1, 0.15) is 0 Å². The molecule has 0 amide bonds. The van der Waals surface area contributed by atoms with E-state index in [1.807, 2.05) is 0 Å². The molecule has 2 unspecified atom stereocenters. The highest BCUT2D eigenvalue weighted by atomic mass is 16.5. The molecule has 0 aromatic heterocycles. The third-order valence-corrected chi connectivity index (χ3v) is 2.82. The van der Waals surface area contributed by atoms with Gasteiger partial charge in [-0.1, -0.05) is 0 Å². The van der Waals surface area contributed by atoms with Crippen LogP contribution in [0.5, 0.6) is 0 Å². The Hall–Kier alpha value is -0.200. The van der Waals surface area contributed by atoms with Crippen LogP contribution in [0.2, 0.25) is 0 Å². The molecular formula is C12H30N4O. The molecule has 104 valence electrons. The molecule has 0 aliphatic heterocycles. The summed E-state index contributed by atoms with van der Waals surface area (Å²) in [4.78, 5) is 0. The number of rotatable bonds is 12. The Labute approximate surface area is 105 Å². The molecule has 5 nitrogen and oxygen atoms in total. The van der Waals surface area contributed by atoms with Gasteiger partial charge in [0.25, 0.3) is 0 Å². The molecule has 0 fully saturated rings. The number of hydrogen-bond donors (Lipinski definition) is 4. The molecule has 8 N–H and O–H groups in total. The molecule has 0 saturated heterocycles. The quantitative estimate of drug-likeness (QED) is 0.360. The van der Waals surface area contributed by atoms with Gasteiger partial charge in [-0.15, -0.1) is 0 Å². The van der Waals surface area contributed by atoms with E-state index in [0.29, 0.717) is 13.1 Å². The smallest absolute Gasteiger partial charge is 0.0480 e. The average Bonchev–Trinajstić information content (AvgIpc) is 2.33. The molecule has 0 heterocycles. The maximum atomic E-state index is 5.89. The van der Waals surface area contributed by atoms with Crippen molar-refractivity contribution in [3.05, 3.63) is 0 Å². The Kier molecular flexibility index (Phi) is 12.1. The first-order chi connectivity index (χ1) is 8.20. The fourth-order valence-corrected chi connectivity index (χ4v) is 1.62. The van der Waals surface area contributed by atoms with Crippen molar-refractivity contribution in [2.24, 2.45) is 22.9 Å². The van der Waals surface area contributed by atoms with Crippen LogP contribution in [0.1, 0.15) is 38.5 Å². The first kappa shape index (κ1) is 16.8. The lowest BCUT2D eigenvalue weighted by molar-refractivity contribution is 0.119. The van der Waals surface area contributed by atoms with Crippen molar-refractivity contribution in [1.82, 2.24) is 0 Å². The van der Waals surface area contributed by atoms with Crippen LogP contribution in [0.3, 0.4) is 0 Å². The molecule has 0 aliphatic carbocycles. The van der Waals surface area contributed by atoms with E-state index in [4.69, 9.17) is 27.7 Å². The van der Waals surface area contributed by atoms with Gasteiger partial charge in [0.2, 0.25) is 0 Å². The third-order valence-electron chi connectivity index (χ3n) is 2.82. The van der Waals surface area contributed by atoms with Crippen LogP contribution in [0, 0.1) is 0 Å². The number of hydrogen-bond acceptors (Lipinski definition) is 5. The fourth-order valence-electron chi connectivity index (χ4n) is 1.62. The molecule has 5 heteroatoms. The summed E-state index contributed by atoms with van der Waals surface area (Å²) < 4.78 is 5.51. The molecular weight excluding hydrogens is 216 g/mol. The van der Waals surface area contributed by atoms with Gasteiger partial charge in [0.05, 0.1) is 0 Å². The molecule has 0 aromatic carbocycles. The van der Waals surface area contributed by atoms with E-state index in [1.54, 1.807) is 0 Å². The van der Waals surface area contributed by atoms with Gasteiger partial charge in [0, 0.05) is 25.3 Å². The van der Waals surface area contributed by atoms with Gasteiger partial charge in [0.15, 0.2) is 0 Å². The lowest BCUT2D eigenvalue weighted by Gasteiger charge is -2.13. The van der Waals surface area contributed by atoms with Crippen molar-refractivity contribution < 1.29 is 4.74 Å². The largest absolute Gasteiger partial charge is 0.381 e. The Bertz CT molecular complexity index is 141. The standard InChI is InChI=1S/C12H30N4O/c13-7-1-3-11(15)5-9-17-10-6-12(16)4-2-8-14/h11-12H,1-10,13-16H2. The van der Waals surface area contributed by atoms with Crippen LogP contribution in [-0.2, 0) is 4.74 Å². The van der Waals surface area contributed by atoms with Crippen LogP contribution in [0.15, 0.2) is 0 Å². The molecule has 2 atom stereocenters. The lowest BCUT2D eigenvalue weighted by atomic mass is 10.1. The zero-order valence-corrected chi connectivity index (χ0v) is 10.9. The van der Waals surface area contributed by atoms with E-state index >= 15 is 0 Å². The van der Waals surface area contributed by atoms with Gasteiger partial charge in [-0.05, 0) is 51.6 Å². The fraction of sp³-hybridized carbons (Fsp3) is 1.00. The Morgan fingerprint density at radius 1 is 0.706 bits per heavy atom. The highest BCUT2D eigenvalue weighted by molar-refractivity contribution is 4.63. The van der Waals surface area contributed by atoms with Crippen molar-refractivity contribution in [3.63, 3.8) is 0 Å². The van der Waals surface area contributed by atoms with E-state index in [1.165, 1.54) is 0 Å². The van der Waals surface area contributed by atoms with Gasteiger partial charge in [-0.25, -0.2) is 0 Å². The molecule has 0 spiro atoms. The van der Waals surface area contributed by atoms with E-state index in [9.17, 15) is 0 Å². The van der Waals surface area contributed by atoms with Crippen LogP contribution < -0.4 is 22.9 Å². The topological polar surface area (TPSA) is 113 Å². The third kappa shape index (κ3) is 12.1. The summed E-state index contributed by atoms with van der Waals surface area (Å²) in [6, 6.07) is 0.425. The molecule has 0 saturated carbocycles. The van der Waals surface area contributed by atoms with E-state index in [0.717, 1.165) is 51.7 Å². The van der Waals surface area contributed by atoms with Gasteiger partial charge < -0.3 is 27.7 Å². The van der Waals surface area contributed by atoms with Crippen molar-refractivity contribution in [2.45, 2.75) is 50.6 Å². The molecule has 0 aromatic rings. The van der Waals surface area contributed by atoms with Gasteiger partial charge >= 0.3 is 0 Å². The Morgan fingerprint density at radius 3 is 1.47 bits per heavy atom. The number of nitrogens with two attached hydrogens (primary N) is 4. The zero-order valence-electron chi connectivity index (χ0n) is 10.9. The van der Waals surface area contributed by atoms with E-state index < -0.39 is 0 Å². The minimum absolute atomic E-state index is 0.212. The van der Waals surface area contributed by atoms with Crippen LogP contribution >= 0.6 is 0 Å². The maximum Gasteiger partial charge on any atom is 0.0480 e. The molecule has 0 rings (SSSR count). The van der Waals surface area contributed by atoms with Crippen molar-refractivity contribution >= 4 is 0 Å². The Morgan fingerprint density at radius 2 is 1.12 bits per heavy atom. The van der Waals surface area contributed by atoms with Crippen molar-refractivity contribution in [1.29, 1.82) is 0 Å². The molecule has 0 aliphatic rings. The average molecular weight is 246 g/mol. The second kappa shape index (κ2) is 12.3. The molecule has 0 bridgehead atoms. The second-order valence-electron chi connectivity index (χ2n) is 4.57. The number of ether oxygens (including phenoxy) is 1. The van der Waals surface area contributed by atoms with E-state index in [-0.39, 0.29) is 12.1 Å². The minimum atomic E-state index is 0.212. The summed E-state index contributed by atoms with van der Waals surface area (Å²) in [5, 5.41) is 0. The van der Waals surface area contributed by atoms with Gasteiger partial charge in [-0.3, -0.25) is 0 Å². The van der Waals surface area contributed by atoms with Crippen LogP contribution in [-0.4, -0.2) is 38.4 Å². The normalized spacial score (nSPS) is 14.8. The first-order valence-electron chi connectivity index (χ1n) is 6.69.